The van der Waals surface area contributed by atoms with Gasteiger partial charge in [-0.15, -0.1) is 10.2 Å². The van der Waals surface area contributed by atoms with Crippen molar-refractivity contribution in [2.75, 3.05) is 23.5 Å². The fraction of sp³-hybridized carbons (Fsp3) is 0.357. The highest BCUT2D eigenvalue weighted by Crippen LogP contribution is 2.39. The van der Waals surface area contributed by atoms with Crippen LogP contribution < -0.4 is 10.7 Å². The van der Waals surface area contributed by atoms with Crippen LogP contribution in [0.3, 0.4) is 0 Å². The minimum absolute atomic E-state index is 0.00201. The van der Waals surface area contributed by atoms with Crippen LogP contribution in [0.4, 0.5) is 5.69 Å². The Morgan fingerprint density at radius 3 is 2.76 bits per heavy atom. The molecule has 0 bridgehead atoms. The SMILES string of the molecule is CN(C(=O)CSc1nnc(C2CC2)n1N)c1ccccc1. The zero-order valence-corrected chi connectivity index (χ0v) is 12.6. The molecule has 1 heterocycles. The van der Waals surface area contributed by atoms with Gasteiger partial charge in [0.1, 0.15) is 0 Å². The van der Waals surface area contributed by atoms with Crippen LogP contribution in [0.2, 0.25) is 0 Å². The van der Waals surface area contributed by atoms with Gasteiger partial charge in [0.2, 0.25) is 11.1 Å². The molecule has 0 radical (unpaired) electrons. The first-order chi connectivity index (χ1) is 10.2. The first-order valence-electron chi connectivity index (χ1n) is 6.81. The van der Waals surface area contributed by atoms with Crippen molar-refractivity contribution < 1.29 is 4.79 Å². The quantitative estimate of drug-likeness (QED) is 0.671. The van der Waals surface area contributed by atoms with Crippen LogP contribution in [0.1, 0.15) is 24.6 Å². The Hall–Kier alpha value is -2.02. The molecule has 21 heavy (non-hydrogen) atoms. The van der Waals surface area contributed by atoms with Gasteiger partial charge in [-0.25, -0.2) is 4.68 Å². The molecular weight excluding hydrogens is 286 g/mol. The van der Waals surface area contributed by atoms with E-state index in [0.717, 1.165) is 24.4 Å². The molecule has 1 fully saturated rings. The van der Waals surface area contributed by atoms with Crippen molar-refractivity contribution in [2.45, 2.75) is 23.9 Å². The average Bonchev–Trinajstić information content (AvgIpc) is 3.29. The fourth-order valence-corrected chi connectivity index (χ4v) is 2.80. The third kappa shape index (κ3) is 3.02. The predicted octanol–water partition coefficient (Wildman–Crippen LogP) is 1.62. The number of amides is 1. The number of hydrogen-bond donors (Lipinski definition) is 1. The van der Waals surface area contributed by atoms with Crippen molar-refractivity contribution in [1.82, 2.24) is 14.9 Å². The van der Waals surface area contributed by atoms with Crippen LogP contribution in [0, 0.1) is 0 Å². The summed E-state index contributed by atoms with van der Waals surface area (Å²) in [6.07, 6.45) is 2.24. The molecule has 1 aliphatic carbocycles. The summed E-state index contributed by atoms with van der Waals surface area (Å²) in [6.45, 7) is 0. The summed E-state index contributed by atoms with van der Waals surface area (Å²) in [5.41, 5.74) is 0.871. The maximum atomic E-state index is 12.2. The molecule has 7 heteroatoms. The highest BCUT2D eigenvalue weighted by atomic mass is 32.2. The van der Waals surface area contributed by atoms with E-state index in [1.807, 2.05) is 30.3 Å². The van der Waals surface area contributed by atoms with Gasteiger partial charge >= 0.3 is 0 Å². The van der Waals surface area contributed by atoms with Crippen LogP contribution in [0.15, 0.2) is 35.5 Å². The Morgan fingerprint density at radius 1 is 1.38 bits per heavy atom. The predicted molar refractivity (Wildman–Crippen MR) is 82.7 cm³/mol. The van der Waals surface area contributed by atoms with Gasteiger partial charge < -0.3 is 10.7 Å². The lowest BCUT2D eigenvalue weighted by atomic mass is 10.3. The van der Waals surface area contributed by atoms with Crippen LogP contribution in [0.25, 0.3) is 0 Å². The molecular formula is C14H17N5OS. The van der Waals surface area contributed by atoms with Gasteiger partial charge in [-0.05, 0) is 25.0 Å². The van der Waals surface area contributed by atoms with E-state index in [1.165, 1.54) is 16.4 Å². The molecule has 1 saturated carbocycles. The second-order valence-corrected chi connectivity index (χ2v) is 6.00. The Bertz CT molecular complexity index is 638. The van der Waals surface area contributed by atoms with Crippen LogP contribution >= 0.6 is 11.8 Å². The number of nitrogens with zero attached hydrogens (tertiary/aromatic N) is 4. The summed E-state index contributed by atoms with van der Waals surface area (Å²) in [6, 6.07) is 9.54. The number of benzene rings is 1. The highest BCUT2D eigenvalue weighted by Gasteiger charge is 2.30. The minimum Gasteiger partial charge on any atom is -0.336 e. The Labute approximate surface area is 127 Å². The van der Waals surface area contributed by atoms with Crippen molar-refractivity contribution in [3.63, 3.8) is 0 Å². The largest absolute Gasteiger partial charge is 0.336 e. The van der Waals surface area contributed by atoms with E-state index in [-0.39, 0.29) is 11.7 Å². The fourth-order valence-electron chi connectivity index (χ4n) is 2.03. The maximum absolute atomic E-state index is 12.2. The summed E-state index contributed by atoms with van der Waals surface area (Å²) < 4.78 is 1.51. The van der Waals surface area contributed by atoms with Crippen molar-refractivity contribution in [1.29, 1.82) is 0 Å². The van der Waals surface area contributed by atoms with Gasteiger partial charge in [0.25, 0.3) is 0 Å². The molecule has 1 amide bonds. The Balaban J connectivity index is 1.61. The molecule has 6 nitrogen and oxygen atoms in total. The molecule has 2 aromatic rings. The van der Waals surface area contributed by atoms with Crippen molar-refractivity contribution in [3.8, 4) is 0 Å². The summed E-state index contributed by atoms with van der Waals surface area (Å²) >= 11 is 1.32. The summed E-state index contributed by atoms with van der Waals surface area (Å²) in [7, 11) is 1.76. The third-order valence-corrected chi connectivity index (χ3v) is 4.40. The first kappa shape index (κ1) is 13.9. The van der Waals surface area contributed by atoms with E-state index in [1.54, 1.807) is 11.9 Å². The number of aromatic nitrogens is 3. The zero-order valence-electron chi connectivity index (χ0n) is 11.8. The number of anilines is 1. The van der Waals surface area contributed by atoms with Crippen molar-refractivity contribution in [3.05, 3.63) is 36.2 Å². The molecule has 2 N–H and O–H groups in total. The average molecular weight is 303 g/mol. The molecule has 110 valence electrons. The normalized spacial score (nSPS) is 14.1. The first-order valence-corrected chi connectivity index (χ1v) is 7.80. The molecule has 0 unspecified atom stereocenters. The van der Waals surface area contributed by atoms with Crippen LogP contribution in [0.5, 0.6) is 0 Å². The van der Waals surface area contributed by atoms with E-state index in [0.29, 0.717) is 11.1 Å². The number of rotatable bonds is 5. The third-order valence-electron chi connectivity index (χ3n) is 3.48. The van der Waals surface area contributed by atoms with Gasteiger partial charge in [0, 0.05) is 18.7 Å². The molecule has 0 aliphatic heterocycles. The number of carbonyl (C=O) groups excluding carboxylic acids is 1. The maximum Gasteiger partial charge on any atom is 0.237 e. The summed E-state index contributed by atoms with van der Waals surface area (Å²) in [4.78, 5) is 13.8. The number of carbonyl (C=O) groups is 1. The summed E-state index contributed by atoms with van der Waals surface area (Å²) in [5.74, 6) is 7.51. The molecule has 1 aromatic heterocycles. The standard InChI is InChI=1S/C14H17N5OS/c1-18(11-5-3-2-4-6-11)12(20)9-21-14-17-16-13(19(14)15)10-7-8-10/h2-6,10H,7-9,15H2,1H3. The molecule has 1 aliphatic rings. The van der Waals surface area contributed by atoms with E-state index < -0.39 is 0 Å². The van der Waals surface area contributed by atoms with Gasteiger partial charge in [-0.3, -0.25) is 4.79 Å². The molecule has 0 saturated heterocycles. The molecule has 0 atom stereocenters. The monoisotopic (exact) mass is 303 g/mol. The Morgan fingerprint density at radius 2 is 2.10 bits per heavy atom. The lowest BCUT2D eigenvalue weighted by molar-refractivity contribution is -0.115. The van der Waals surface area contributed by atoms with E-state index in [2.05, 4.69) is 10.2 Å². The Kier molecular flexibility index (Phi) is 3.83. The number of nitrogen functional groups attached to an aromatic ring is 1. The lowest BCUT2D eigenvalue weighted by Gasteiger charge is -2.16. The number of thioether (sulfide) groups is 1. The highest BCUT2D eigenvalue weighted by molar-refractivity contribution is 7.99. The number of nitrogens with two attached hydrogens (primary N) is 1. The van der Waals surface area contributed by atoms with E-state index in [9.17, 15) is 4.79 Å². The van der Waals surface area contributed by atoms with Crippen molar-refractivity contribution in [2.24, 2.45) is 0 Å². The second-order valence-electron chi connectivity index (χ2n) is 5.06. The molecule has 1 aromatic carbocycles. The molecule has 3 rings (SSSR count). The smallest absolute Gasteiger partial charge is 0.237 e. The van der Waals surface area contributed by atoms with Gasteiger partial charge in [0.15, 0.2) is 5.82 Å². The summed E-state index contributed by atoms with van der Waals surface area (Å²) in [5, 5.41) is 8.75. The van der Waals surface area contributed by atoms with E-state index >= 15 is 0 Å². The topological polar surface area (TPSA) is 77.0 Å². The number of para-hydroxylation sites is 1. The minimum atomic E-state index is 0.00201. The van der Waals surface area contributed by atoms with Crippen molar-refractivity contribution >= 4 is 23.4 Å². The van der Waals surface area contributed by atoms with Crippen LogP contribution in [-0.4, -0.2) is 33.6 Å². The van der Waals surface area contributed by atoms with Gasteiger partial charge in [-0.1, -0.05) is 30.0 Å². The van der Waals surface area contributed by atoms with Crippen LogP contribution in [-0.2, 0) is 4.79 Å². The van der Waals surface area contributed by atoms with E-state index in [4.69, 9.17) is 5.84 Å². The number of hydrogen-bond acceptors (Lipinski definition) is 5. The zero-order chi connectivity index (χ0) is 14.8. The molecule has 0 spiro atoms. The van der Waals surface area contributed by atoms with Gasteiger partial charge in [-0.2, -0.15) is 0 Å². The lowest BCUT2D eigenvalue weighted by Crippen LogP contribution is -2.28. The van der Waals surface area contributed by atoms with Gasteiger partial charge in [0.05, 0.1) is 5.75 Å². The second kappa shape index (κ2) is 5.77.